The molecule has 0 atom stereocenters. The molecule has 1 heterocycles. The molecule has 0 unspecified atom stereocenters. The normalized spacial score (nSPS) is 10.6. The monoisotopic (exact) mass is 549 g/mol. The van der Waals surface area contributed by atoms with Crippen LogP contribution in [0.5, 0.6) is 17.2 Å². The van der Waals surface area contributed by atoms with E-state index >= 15 is 0 Å². The summed E-state index contributed by atoms with van der Waals surface area (Å²) in [7, 11) is 0. The van der Waals surface area contributed by atoms with Crippen molar-refractivity contribution in [1.29, 1.82) is 0 Å². The summed E-state index contributed by atoms with van der Waals surface area (Å²) < 4.78 is 19.8. The van der Waals surface area contributed by atoms with E-state index in [1.54, 1.807) is 29.2 Å². The Morgan fingerprint density at radius 3 is 2.36 bits per heavy atom. The number of aromatic nitrogens is 2. The standard InChI is InChI=1S/C28H28BrN3O4/c1-3-34-26-14-11-21(15-27(26)35-4-2)17-32-18-23(16-30-32)31-28(33)22-12-9-20(10-13-22)19-36-25-8-6-5-7-24(25)29/h5-16,18H,3-4,17,19H2,1-2H3,(H,31,33). The quantitative estimate of drug-likeness (QED) is 0.237. The van der Waals surface area contributed by atoms with E-state index in [4.69, 9.17) is 14.2 Å². The maximum Gasteiger partial charge on any atom is 0.255 e. The molecule has 0 saturated carbocycles. The fraction of sp³-hybridized carbons (Fsp3) is 0.214. The number of para-hydroxylation sites is 1. The van der Waals surface area contributed by atoms with Gasteiger partial charge in [0.2, 0.25) is 0 Å². The molecule has 4 rings (SSSR count). The summed E-state index contributed by atoms with van der Waals surface area (Å²) in [5.74, 6) is 2.01. The highest BCUT2D eigenvalue weighted by molar-refractivity contribution is 9.10. The minimum atomic E-state index is -0.201. The number of rotatable bonds is 11. The number of hydrogen-bond acceptors (Lipinski definition) is 5. The van der Waals surface area contributed by atoms with Gasteiger partial charge in [0, 0.05) is 11.8 Å². The minimum absolute atomic E-state index is 0.201. The average Bonchev–Trinajstić information content (AvgIpc) is 3.32. The molecular weight excluding hydrogens is 522 g/mol. The molecule has 1 N–H and O–H groups in total. The molecule has 4 aromatic rings. The van der Waals surface area contributed by atoms with Gasteiger partial charge in [-0.3, -0.25) is 9.48 Å². The lowest BCUT2D eigenvalue weighted by atomic mass is 10.1. The lowest BCUT2D eigenvalue weighted by molar-refractivity contribution is 0.102. The Kier molecular flexibility index (Phi) is 8.62. The first-order valence-electron chi connectivity index (χ1n) is 11.7. The largest absolute Gasteiger partial charge is 0.490 e. The van der Waals surface area contributed by atoms with Gasteiger partial charge in [0.05, 0.1) is 36.1 Å². The van der Waals surface area contributed by atoms with E-state index in [0.29, 0.717) is 43.4 Å². The molecule has 0 saturated heterocycles. The van der Waals surface area contributed by atoms with Gasteiger partial charge in [0.15, 0.2) is 11.5 Å². The molecule has 186 valence electrons. The minimum Gasteiger partial charge on any atom is -0.490 e. The molecule has 1 amide bonds. The summed E-state index contributed by atoms with van der Waals surface area (Å²) >= 11 is 3.47. The molecule has 0 fully saturated rings. The predicted octanol–water partition coefficient (Wildman–Crippen LogP) is 6.32. The van der Waals surface area contributed by atoms with Crippen LogP contribution in [0.25, 0.3) is 0 Å². The summed E-state index contributed by atoms with van der Waals surface area (Å²) in [6.45, 7) is 5.96. The number of amides is 1. The van der Waals surface area contributed by atoms with Crippen LogP contribution in [0.3, 0.4) is 0 Å². The highest BCUT2D eigenvalue weighted by Gasteiger charge is 2.10. The highest BCUT2D eigenvalue weighted by atomic mass is 79.9. The topological polar surface area (TPSA) is 74.6 Å². The lowest BCUT2D eigenvalue weighted by Gasteiger charge is -2.12. The van der Waals surface area contributed by atoms with Gasteiger partial charge in [-0.2, -0.15) is 5.10 Å². The van der Waals surface area contributed by atoms with Gasteiger partial charge in [-0.25, -0.2) is 0 Å². The van der Waals surface area contributed by atoms with Crippen LogP contribution in [0.4, 0.5) is 5.69 Å². The summed E-state index contributed by atoms with van der Waals surface area (Å²) in [5.41, 5.74) is 3.16. The van der Waals surface area contributed by atoms with Crippen LogP contribution >= 0.6 is 15.9 Å². The van der Waals surface area contributed by atoms with Crippen LogP contribution in [0.1, 0.15) is 35.3 Å². The van der Waals surface area contributed by atoms with Crippen molar-refractivity contribution in [3.63, 3.8) is 0 Å². The fourth-order valence-electron chi connectivity index (χ4n) is 3.57. The molecule has 0 aliphatic heterocycles. The third-order valence-corrected chi connectivity index (χ3v) is 5.95. The third kappa shape index (κ3) is 6.66. The van der Waals surface area contributed by atoms with E-state index in [2.05, 4.69) is 26.3 Å². The Hall–Kier alpha value is -3.78. The molecule has 1 aromatic heterocycles. The van der Waals surface area contributed by atoms with Crippen molar-refractivity contribution in [2.45, 2.75) is 27.0 Å². The maximum atomic E-state index is 12.7. The maximum absolute atomic E-state index is 12.7. The Morgan fingerprint density at radius 1 is 0.889 bits per heavy atom. The zero-order valence-corrected chi connectivity index (χ0v) is 21.8. The molecule has 7 nitrogen and oxygen atoms in total. The molecule has 0 aliphatic carbocycles. The van der Waals surface area contributed by atoms with Crippen molar-refractivity contribution >= 4 is 27.5 Å². The van der Waals surface area contributed by atoms with E-state index < -0.39 is 0 Å². The van der Waals surface area contributed by atoms with Gasteiger partial charge in [-0.15, -0.1) is 0 Å². The molecule has 8 heteroatoms. The van der Waals surface area contributed by atoms with E-state index in [-0.39, 0.29) is 5.91 Å². The second-order valence-electron chi connectivity index (χ2n) is 7.94. The van der Waals surface area contributed by atoms with Gasteiger partial charge in [-0.05, 0) is 77.3 Å². The molecular formula is C28H28BrN3O4. The van der Waals surface area contributed by atoms with Crippen LogP contribution in [0, 0.1) is 0 Å². The first-order valence-corrected chi connectivity index (χ1v) is 12.5. The second-order valence-corrected chi connectivity index (χ2v) is 8.80. The van der Waals surface area contributed by atoms with Crippen LogP contribution in [-0.4, -0.2) is 28.9 Å². The van der Waals surface area contributed by atoms with Crippen molar-refractivity contribution in [2.75, 3.05) is 18.5 Å². The van der Waals surface area contributed by atoms with Crippen molar-refractivity contribution in [2.24, 2.45) is 0 Å². The lowest BCUT2D eigenvalue weighted by Crippen LogP contribution is -2.11. The zero-order chi connectivity index (χ0) is 25.3. The second kappa shape index (κ2) is 12.3. The molecule has 0 bridgehead atoms. The van der Waals surface area contributed by atoms with Crippen LogP contribution in [-0.2, 0) is 13.2 Å². The number of carbonyl (C=O) groups is 1. The number of nitrogens with zero attached hydrogens (tertiary/aromatic N) is 2. The number of ether oxygens (including phenoxy) is 3. The van der Waals surface area contributed by atoms with Gasteiger partial charge in [0.25, 0.3) is 5.91 Å². The van der Waals surface area contributed by atoms with Gasteiger partial charge < -0.3 is 19.5 Å². The Balaban J connectivity index is 1.34. The van der Waals surface area contributed by atoms with E-state index in [0.717, 1.165) is 27.1 Å². The summed E-state index contributed by atoms with van der Waals surface area (Å²) in [4.78, 5) is 12.7. The average molecular weight is 550 g/mol. The SMILES string of the molecule is CCOc1ccc(Cn2cc(NC(=O)c3ccc(COc4ccccc4Br)cc3)cn2)cc1OCC. The number of carbonyl (C=O) groups excluding carboxylic acids is 1. The Labute approximate surface area is 219 Å². The van der Waals surface area contributed by atoms with Crippen molar-refractivity contribution in [1.82, 2.24) is 9.78 Å². The summed E-state index contributed by atoms with van der Waals surface area (Å²) in [6, 6.07) is 20.9. The Morgan fingerprint density at radius 2 is 1.61 bits per heavy atom. The number of benzene rings is 3. The molecule has 36 heavy (non-hydrogen) atoms. The number of anilines is 1. The Bertz CT molecular complexity index is 1300. The summed E-state index contributed by atoms with van der Waals surface area (Å²) in [5, 5.41) is 7.28. The summed E-state index contributed by atoms with van der Waals surface area (Å²) in [6.07, 6.45) is 3.44. The smallest absolute Gasteiger partial charge is 0.255 e. The first kappa shape index (κ1) is 25.3. The molecule has 0 aliphatic rings. The van der Waals surface area contributed by atoms with Crippen LogP contribution in [0.2, 0.25) is 0 Å². The molecule has 0 spiro atoms. The van der Waals surface area contributed by atoms with E-state index in [1.807, 2.05) is 68.4 Å². The predicted molar refractivity (Wildman–Crippen MR) is 143 cm³/mol. The number of halogens is 1. The third-order valence-electron chi connectivity index (χ3n) is 5.29. The van der Waals surface area contributed by atoms with Crippen molar-refractivity contribution in [3.8, 4) is 17.2 Å². The number of hydrogen-bond donors (Lipinski definition) is 1. The van der Waals surface area contributed by atoms with E-state index in [1.165, 1.54) is 0 Å². The van der Waals surface area contributed by atoms with Gasteiger partial charge >= 0.3 is 0 Å². The molecule has 3 aromatic carbocycles. The first-order chi connectivity index (χ1) is 17.6. The van der Waals surface area contributed by atoms with Crippen molar-refractivity contribution < 1.29 is 19.0 Å². The zero-order valence-electron chi connectivity index (χ0n) is 20.2. The van der Waals surface area contributed by atoms with Crippen LogP contribution < -0.4 is 19.5 Å². The van der Waals surface area contributed by atoms with Gasteiger partial charge in [-0.1, -0.05) is 30.3 Å². The fourth-order valence-corrected chi connectivity index (χ4v) is 3.97. The highest BCUT2D eigenvalue weighted by Crippen LogP contribution is 2.29. The van der Waals surface area contributed by atoms with E-state index in [9.17, 15) is 4.79 Å². The van der Waals surface area contributed by atoms with Crippen LogP contribution in [0.15, 0.2) is 83.6 Å². The van der Waals surface area contributed by atoms with Crippen molar-refractivity contribution in [3.05, 3.63) is 100 Å². The molecule has 0 radical (unpaired) electrons. The number of nitrogens with one attached hydrogen (secondary N) is 1. The van der Waals surface area contributed by atoms with Gasteiger partial charge in [0.1, 0.15) is 12.4 Å².